The largest absolute Gasteiger partial charge is 0.480 e. The van der Waals surface area contributed by atoms with E-state index in [1.165, 1.54) is 32.1 Å². The Morgan fingerprint density at radius 3 is 2.45 bits per heavy atom. The number of nitrogens with two attached hydrogens (primary N) is 1. The number of hydrogen-bond donors (Lipinski definition) is 2. The van der Waals surface area contributed by atoms with Gasteiger partial charge in [0.2, 0.25) is 0 Å². The molecule has 0 saturated heterocycles. The standard InChI is InChI=1S/C16H30N2O2/c1-3-12-6-8-13(9-7-12)18(2)14-5-4-10-16(17,11-14)15(19)20/h12-14H,3-11,17H2,1-2H3,(H,19,20). The minimum atomic E-state index is -1.00. The molecule has 0 amide bonds. The summed E-state index contributed by atoms with van der Waals surface area (Å²) in [6.07, 6.45) is 9.72. The lowest BCUT2D eigenvalue weighted by Gasteiger charge is -2.44. The van der Waals surface area contributed by atoms with E-state index in [-0.39, 0.29) is 0 Å². The lowest BCUT2D eigenvalue weighted by molar-refractivity contribution is -0.145. The predicted octanol–water partition coefficient (Wildman–Crippen LogP) is 2.61. The van der Waals surface area contributed by atoms with E-state index in [1.54, 1.807) is 0 Å². The van der Waals surface area contributed by atoms with Crippen LogP contribution in [-0.2, 0) is 4.79 Å². The van der Waals surface area contributed by atoms with Crippen molar-refractivity contribution in [2.24, 2.45) is 11.7 Å². The smallest absolute Gasteiger partial charge is 0.323 e. The number of carboxylic acids is 1. The molecule has 2 unspecified atom stereocenters. The van der Waals surface area contributed by atoms with Gasteiger partial charge in [0.05, 0.1) is 0 Å². The van der Waals surface area contributed by atoms with Crippen molar-refractivity contribution in [1.82, 2.24) is 4.90 Å². The summed E-state index contributed by atoms with van der Waals surface area (Å²) < 4.78 is 0. The van der Waals surface area contributed by atoms with Crippen LogP contribution >= 0.6 is 0 Å². The molecule has 4 nitrogen and oxygen atoms in total. The van der Waals surface area contributed by atoms with Gasteiger partial charge < -0.3 is 15.7 Å². The average Bonchev–Trinajstić information content (AvgIpc) is 2.46. The topological polar surface area (TPSA) is 66.6 Å². The molecule has 2 aliphatic carbocycles. The first-order valence-corrected chi connectivity index (χ1v) is 8.20. The summed E-state index contributed by atoms with van der Waals surface area (Å²) in [7, 11) is 2.18. The molecular weight excluding hydrogens is 252 g/mol. The SMILES string of the molecule is CCC1CCC(N(C)C2CCCC(N)(C(=O)O)C2)CC1. The third-order valence-electron chi connectivity index (χ3n) is 5.73. The maximum Gasteiger partial charge on any atom is 0.323 e. The summed E-state index contributed by atoms with van der Waals surface area (Å²) in [4.78, 5) is 13.8. The Morgan fingerprint density at radius 2 is 1.90 bits per heavy atom. The number of aliphatic carboxylic acids is 1. The van der Waals surface area contributed by atoms with Crippen molar-refractivity contribution in [3.05, 3.63) is 0 Å². The Hall–Kier alpha value is -0.610. The Kier molecular flexibility index (Phi) is 5.08. The Labute approximate surface area is 122 Å². The third kappa shape index (κ3) is 3.34. The van der Waals surface area contributed by atoms with E-state index < -0.39 is 11.5 Å². The molecule has 3 N–H and O–H groups in total. The van der Waals surface area contributed by atoms with E-state index >= 15 is 0 Å². The number of hydrogen-bond acceptors (Lipinski definition) is 3. The zero-order valence-corrected chi connectivity index (χ0v) is 13.0. The van der Waals surface area contributed by atoms with Crippen LogP contribution in [0.2, 0.25) is 0 Å². The Morgan fingerprint density at radius 1 is 1.25 bits per heavy atom. The zero-order valence-electron chi connectivity index (χ0n) is 13.0. The molecule has 0 aromatic heterocycles. The quantitative estimate of drug-likeness (QED) is 0.832. The van der Waals surface area contributed by atoms with E-state index in [0.29, 0.717) is 24.9 Å². The van der Waals surface area contributed by atoms with Gasteiger partial charge in [0.25, 0.3) is 0 Å². The van der Waals surface area contributed by atoms with Gasteiger partial charge in [-0.15, -0.1) is 0 Å². The lowest BCUT2D eigenvalue weighted by atomic mass is 9.77. The van der Waals surface area contributed by atoms with Crippen LogP contribution in [0.15, 0.2) is 0 Å². The van der Waals surface area contributed by atoms with E-state index in [1.807, 2.05) is 0 Å². The van der Waals surface area contributed by atoms with Crippen molar-refractivity contribution < 1.29 is 9.90 Å². The molecule has 0 aromatic carbocycles. The van der Waals surface area contributed by atoms with E-state index in [9.17, 15) is 9.90 Å². The second kappa shape index (κ2) is 6.44. The van der Waals surface area contributed by atoms with Crippen molar-refractivity contribution in [3.63, 3.8) is 0 Å². The maximum absolute atomic E-state index is 11.4. The average molecular weight is 282 g/mol. The van der Waals surface area contributed by atoms with Crippen LogP contribution in [-0.4, -0.2) is 40.6 Å². The molecule has 116 valence electrons. The fourth-order valence-corrected chi connectivity index (χ4v) is 4.08. The van der Waals surface area contributed by atoms with Gasteiger partial charge >= 0.3 is 5.97 Å². The summed E-state index contributed by atoms with van der Waals surface area (Å²) in [5.41, 5.74) is 5.07. The van der Waals surface area contributed by atoms with Crippen LogP contribution in [0, 0.1) is 5.92 Å². The molecule has 0 radical (unpaired) electrons. The Balaban J connectivity index is 1.92. The first kappa shape index (κ1) is 15.8. The molecule has 0 heterocycles. The van der Waals surface area contributed by atoms with Crippen molar-refractivity contribution in [1.29, 1.82) is 0 Å². The van der Waals surface area contributed by atoms with Gasteiger partial charge in [-0.25, -0.2) is 0 Å². The van der Waals surface area contributed by atoms with Crippen LogP contribution in [0.5, 0.6) is 0 Å². The summed E-state index contributed by atoms with van der Waals surface area (Å²) in [5, 5.41) is 9.33. The molecule has 20 heavy (non-hydrogen) atoms. The van der Waals surface area contributed by atoms with Crippen LogP contribution in [0.1, 0.15) is 64.7 Å². The van der Waals surface area contributed by atoms with E-state index in [0.717, 1.165) is 18.8 Å². The molecule has 0 bridgehead atoms. The van der Waals surface area contributed by atoms with Crippen molar-refractivity contribution in [2.45, 2.75) is 82.3 Å². The molecule has 0 aromatic rings. The minimum absolute atomic E-state index is 0.341. The predicted molar refractivity (Wildman–Crippen MR) is 80.6 cm³/mol. The van der Waals surface area contributed by atoms with Gasteiger partial charge in [0, 0.05) is 12.1 Å². The highest BCUT2D eigenvalue weighted by molar-refractivity contribution is 5.78. The van der Waals surface area contributed by atoms with Crippen LogP contribution in [0.25, 0.3) is 0 Å². The fourth-order valence-electron chi connectivity index (χ4n) is 4.08. The number of rotatable bonds is 4. The second-order valence-electron chi connectivity index (χ2n) is 6.96. The van der Waals surface area contributed by atoms with Crippen LogP contribution in [0.3, 0.4) is 0 Å². The molecule has 2 fully saturated rings. The maximum atomic E-state index is 11.4. The monoisotopic (exact) mass is 282 g/mol. The van der Waals surface area contributed by atoms with Gasteiger partial charge in [-0.1, -0.05) is 13.3 Å². The van der Waals surface area contributed by atoms with E-state index in [2.05, 4.69) is 18.9 Å². The van der Waals surface area contributed by atoms with Crippen LogP contribution in [0.4, 0.5) is 0 Å². The fraction of sp³-hybridized carbons (Fsp3) is 0.938. The molecule has 2 saturated carbocycles. The lowest BCUT2D eigenvalue weighted by Crippen LogP contribution is -2.56. The highest BCUT2D eigenvalue weighted by atomic mass is 16.4. The highest BCUT2D eigenvalue weighted by Gasteiger charge is 2.41. The first-order chi connectivity index (χ1) is 9.46. The Bertz CT molecular complexity index is 339. The highest BCUT2D eigenvalue weighted by Crippen LogP contribution is 2.34. The van der Waals surface area contributed by atoms with Crippen molar-refractivity contribution in [2.75, 3.05) is 7.05 Å². The number of carboxylic acid groups (broad SMARTS) is 1. The number of nitrogens with zero attached hydrogens (tertiary/aromatic N) is 1. The summed E-state index contributed by atoms with van der Waals surface area (Å²) in [5.74, 6) is 0.0731. The summed E-state index contributed by atoms with van der Waals surface area (Å²) in [6, 6.07) is 0.965. The minimum Gasteiger partial charge on any atom is -0.480 e. The normalized spacial score (nSPS) is 38.9. The second-order valence-corrected chi connectivity index (χ2v) is 6.96. The molecule has 2 atom stereocenters. The van der Waals surface area contributed by atoms with Crippen molar-refractivity contribution in [3.8, 4) is 0 Å². The molecule has 2 rings (SSSR count). The molecule has 4 heteroatoms. The summed E-state index contributed by atoms with van der Waals surface area (Å²) in [6.45, 7) is 2.28. The third-order valence-corrected chi connectivity index (χ3v) is 5.73. The van der Waals surface area contributed by atoms with Gasteiger partial charge in [0.1, 0.15) is 5.54 Å². The van der Waals surface area contributed by atoms with Crippen LogP contribution < -0.4 is 5.73 Å². The van der Waals surface area contributed by atoms with Crippen molar-refractivity contribution >= 4 is 5.97 Å². The molecule has 0 spiro atoms. The molecular formula is C16H30N2O2. The first-order valence-electron chi connectivity index (χ1n) is 8.20. The van der Waals surface area contributed by atoms with Gasteiger partial charge in [0.15, 0.2) is 0 Å². The number of carbonyl (C=O) groups is 1. The van der Waals surface area contributed by atoms with E-state index in [4.69, 9.17) is 5.73 Å². The molecule has 2 aliphatic rings. The zero-order chi connectivity index (χ0) is 14.8. The van der Waals surface area contributed by atoms with Gasteiger partial charge in [-0.05, 0) is 64.3 Å². The van der Waals surface area contributed by atoms with Gasteiger partial charge in [-0.2, -0.15) is 0 Å². The summed E-state index contributed by atoms with van der Waals surface area (Å²) >= 11 is 0. The molecule has 0 aliphatic heterocycles. The van der Waals surface area contributed by atoms with Gasteiger partial charge in [-0.3, -0.25) is 4.79 Å².